The summed E-state index contributed by atoms with van der Waals surface area (Å²) in [6.07, 6.45) is -20.8. The second-order valence-electron chi connectivity index (χ2n) is 5.56. The Morgan fingerprint density at radius 2 is 1.67 bits per heavy atom. The number of hydrogen-bond donors (Lipinski definition) is 8. The highest BCUT2D eigenvalue weighted by Crippen LogP contribution is 2.25. The molecule has 1 saturated heterocycles. The summed E-state index contributed by atoms with van der Waals surface area (Å²) in [6.45, 7) is -1.05. The third-order valence-corrected chi connectivity index (χ3v) is 3.72. The van der Waals surface area contributed by atoms with Crippen molar-refractivity contribution in [2.75, 3.05) is 6.61 Å². The van der Waals surface area contributed by atoms with Gasteiger partial charge in [-0.1, -0.05) is 0 Å². The molecule has 8 N–H and O–H groups in total. The van der Waals surface area contributed by atoms with Gasteiger partial charge < -0.3 is 55.1 Å². The average Bonchev–Trinajstić information content (AvgIpc) is 2.62. The maximum Gasteiger partial charge on any atom is 0.506 e. The fourth-order valence-corrected chi connectivity index (χ4v) is 2.29. The minimum atomic E-state index is -2.16. The van der Waals surface area contributed by atoms with Gasteiger partial charge in [-0.25, -0.2) is 9.59 Å². The van der Waals surface area contributed by atoms with E-state index in [9.17, 15) is 39.9 Å². The number of aliphatic hydroxyl groups is 6. The lowest BCUT2D eigenvalue weighted by molar-refractivity contribution is -0.318. The standard InChI is InChI=1S/C13H20O14/c14-1-3(16)5(17)9(4(2-15)25-13(23)24)26-12-8(20)6(18)7(19)10(27-12)11(21)22/h2-10,12,14,16-20H,1H2,(H,21,22)(H,23,24)/t3-,4+,5-,6+,7+,8-,9-,10+,12?/m1/s1. The first-order valence-corrected chi connectivity index (χ1v) is 7.44. The van der Waals surface area contributed by atoms with E-state index in [0.29, 0.717) is 0 Å². The second-order valence-corrected chi connectivity index (χ2v) is 5.56. The highest BCUT2D eigenvalue weighted by atomic mass is 16.7. The largest absolute Gasteiger partial charge is 0.506 e. The molecule has 0 aromatic carbocycles. The Morgan fingerprint density at radius 3 is 2.11 bits per heavy atom. The first-order chi connectivity index (χ1) is 12.5. The molecule has 156 valence electrons. The van der Waals surface area contributed by atoms with Gasteiger partial charge in [-0.05, 0) is 0 Å². The van der Waals surface area contributed by atoms with Crippen LogP contribution in [0.4, 0.5) is 4.79 Å². The number of aldehydes is 1. The predicted molar refractivity (Wildman–Crippen MR) is 77.3 cm³/mol. The van der Waals surface area contributed by atoms with E-state index in [1.807, 2.05) is 0 Å². The Balaban J connectivity index is 3.12. The fraction of sp³-hybridized carbons (Fsp3) is 0.769. The Hall–Kier alpha value is -1.91. The quantitative estimate of drug-likeness (QED) is 0.134. The number of carboxylic acids is 1. The van der Waals surface area contributed by atoms with Gasteiger partial charge in [0, 0.05) is 0 Å². The lowest BCUT2D eigenvalue weighted by Crippen LogP contribution is -2.62. The van der Waals surface area contributed by atoms with Crippen molar-refractivity contribution in [1.82, 2.24) is 0 Å². The van der Waals surface area contributed by atoms with E-state index in [2.05, 4.69) is 4.74 Å². The summed E-state index contributed by atoms with van der Waals surface area (Å²) in [5, 5.41) is 75.2. The topological polar surface area (TPSA) is 241 Å². The molecule has 0 bridgehead atoms. The van der Waals surface area contributed by atoms with Crippen LogP contribution in [0.3, 0.4) is 0 Å². The normalized spacial score (nSPS) is 32.7. The molecular formula is C13H20O14. The Labute approximate surface area is 150 Å². The van der Waals surface area contributed by atoms with Gasteiger partial charge in [-0.15, -0.1) is 0 Å². The molecule has 0 aromatic heterocycles. The molecule has 1 aliphatic rings. The third-order valence-electron chi connectivity index (χ3n) is 3.72. The van der Waals surface area contributed by atoms with Gasteiger partial charge in [0.25, 0.3) is 0 Å². The summed E-state index contributed by atoms with van der Waals surface area (Å²) in [7, 11) is 0. The van der Waals surface area contributed by atoms with Crippen LogP contribution < -0.4 is 0 Å². The lowest BCUT2D eigenvalue weighted by atomic mass is 9.98. The lowest BCUT2D eigenvalue weighted by Gasteiger charge is -2.41. The van der Waals surface area contributed by atoms with Crippen molar-refractivity contribution in [2.24, 2.45) is 0 Å². The molecule has 1 aliphatic heterocycles. The van der Waals surface area contributed by atoms with E-state index in [1.54, 1.807) is 0 Å². The zero-order valence-corrected chi connectivity index (χ0v) is 13.5. The highest BCUT2D eigenvalue weighted by Gasteiger charge is 2.50. The monoisotopic (exact) mass is 400 g/mol. The third kappa shape index (κ3) is 5.53. The summed E-state index contributed by atoms with van der Waals surface area (Å²) in [4.78, 5) is 32.8. The van der Waals surface area contributed by atoms with E-state index in [-0.39, 0.29) is 6.29 Å². The van der Waals surface area contributed by atoms with Crippen LogP contribution in [0.1, 0.15) is 0 Å². The van der Waals surface area contributed by atoms with E-state index < -0.39 is 73.9 Å². The van der Waals surface area contributed by atoms with Gasteiger partial charge in [0.1, 0.15) is 36.6 Å². The zero-order chi connectivity index (χ0) is 20.9. The zero-order valence-electron chi connectivity index (χ0n) is 13.5. The molecule has 1 unspecified atom stereocenters. The van der Waals surface area contributed by atoms with Crippen molar-refractivity contribution < 1.29 is 69.4 Å². The molecule has 0 spiro atoms. The number of hydrogen-bond acceptors (Lipinski definition) is 12. The molecule has 0 aromatic rings. The van der Waals surface area contributed by atoms with Crippen molar-refractivity contribution in [3.63, 3.8) is 0 Å². The van der Waals surface area contributed by atoms with Crippen LogP contribution in [0, 0.1) is 0 Å². The van der Waals surface area contributed by atoms with E-state index in [4.69, 9.17) is 24.8 Å². The Kier molecular flexibility index (Phi) is 8.45. The van der Waals surface area contributed by atoms with Gasteiger partial charge in [0.2, 0.25) is 0 Å². The predicted octanol–water partition coefficient (Wildman–Crippen LogP) is -4.76. The molecule has 14 nitrogen and oxygen atoms in total. The van der Waals surface area contributed by atoms with Crippen LogP contribution in [-0.4, -0.2) is 121 Å². The Morgan fingerprint density at radius 1 is 1.07 bits per heavy atom. The summed E-state index contributed by atoms with van der Waals surface area (Å²) >= 11 is 0. The van der Waals surface area contributed by atoms with Crippen molar-refractivity contribution >= 4 is 18.4 Å². The van der Waals surface area contributed by atoms with Gasteiger partial charge in [0.05, 0.1) is 6.61 Å². The second kappa shape index (κ2) is 9.86. The summed E-state index contributed by atoms with van der Waals surface area (Å²) in [5.74, 6) is -1.75. The Bertz CT molecular complexity index is 525. The van der Waals surface area contributed by atoms with Crippen LogP contribution in [0.25, 0.3) is 0 Å². The summed E-state index contributed by atoms with van der Waals surface area (Å²) in [6, 6.07) is 0. The summed E-state index contributed by atoms with van der Waals surface area (Å²) < 4.78 is 14.0. The molecular weight excluding hydrogens is 380 g/mol. The van der Waals surface area contributed by atoms with E-state index in [0.717, 1.165) is 0 Å². The van der Waals surface area contributed by atoms with E-state index in [1.165, 1.54) is 0 Å². The minimum absolute atomic E-state index is 0.138. The number of carboxylic acid groups (broad SMARTS) is 2. The first kappa shape index (κ1) is 23.1. The number of carbonyl (C=O) groups excluding carboxylic acids is 1. The molecule has 1 fully saturated rings. The molecule has 0 saturated carbocycles. The number of aliphatic carboxylic acids is 1. The molecule has 0 amide bonds. The summed E-state index contributed by atoms with van der Waals surface area (Å²) in [5.41, 5.74) is 0. The fourth-order valence-electron chi connectivity index (χ4n) is 2.29. The SMILES string of the molecule is O=C[C@H](OC(=O)O)[C@@H](OC1O[C@H](C(=O)O)[C@@H](O)[C@H](O)[C@H]1O)[C@H](O)[C@H](O)CO. The first-order valence-electron chi connectivity index (χ1n) is 7.44. The number of carbonyl (C=O) groups is 3. The van der Waals surface area contributed by atoms with Crippen LogP contribution >= 0.6 is 0 Å². The van der Waals surface area contributed by atoms with Crippen molar-refractivity contribution in [2.45, 2.75) is 55.1 Å². The minimum Gasteiger partial charge on any atom is -0.479 e. The highest BCUT2D eigenvalue weighted by molar-refractivity contribution is 5.73. The maximum absolute atomic E-state index is 11.1. The van der Waals surface area contributed by atoms with Crippen LogP contribution in [0.15, 0.2) is 0 Å². The van der Waals surface area contributed by atoms with Gasteiger partial charge in [0.15, 0.2) is 24.8 Å². The van der Waals surface area contributed by atoms with Gasteiger partial charge in [-0.3, -0.25) is 4.79 Å². The molecule has 27 heavy (non-hydrogen) atoms. The van der Waals surface area contributed by atoms with Crippen LogP contribution in [0.5, 0.6) is 0 Å². The molecule has 1 heterocycles. The number of aliphatic hydroxyl groups excluding tert-OH is 6. The van der Waals surface area contributed by atoms with Crippen molar-refractivity contribution in [1.29, 1.82) is 0 Å². The van der Waals surface area contributed by atoms with Crippen molar-refractivity contribution in [3.05, 3.63) is 0 Å². The number of rotatable bonds is 9. The number of ether oxygens (including phenoxy) is 3. The molecule has 9 atom stereocenters. The molecule has 0 aliphatic carbocycles. The molecule has 14 heteroatoms. The van der Waals surface area contributed by atoms with Gasteiger partial charge in [-0.2, -0.15) is 0 Å². The molecule has 1 rings (SSSR count). The van der Waals surface area contributed by atoms with Crippen LogP contribution in [-0.2, 0) is 23.8 Å². The van der Waals surface area contributed by atoms with Crippen molar-refractivity contribution in [3.8, 4) is 0 Å². The van der Waals surface area contributed by atoms with E-state index >= 15 is 0 Å². The smallest absolute Gasteiger partial charge is 0.479 e. The average molecular weight is 400 g/mol. The molecule has 0 radical (unpaired) electrons. The maximum atomic E-state index is 11.1. The van der Waals surface area contributed by atoms with Gasteiger partial charge >= 0.3 is 12.1 Å². The van der Waals surface area contributed by atoms with Crippen LogP contribution in [0.2, 0.25) is 0 Å².